The van der Waals surface area contributed by atoms with Crippen LogP contribution in [0.2, 0.25) is 0 Å². The van der Waals surface area contributed by atoms with Crippen molar-refractivity contribution in [2.75, 3.05) is 5.32 Å². The molecule has 2 aromatic rings. The van der Waals surface area contributed by atoms with Crippen LogP contribution < -0.4 is 5.32 Å². The fourth-order valence-corrected chi connectivity index (χ4v) is 2.45. The van der Waals surface area contributed by atoms with E-state index in [1.807, 2.05) is 6.92 Å². The molecule has 128 valence electrons. The number of rotatable bonds is 4. The second kappa shape index (κ2) is 7.12. The lowest BCUT2D eigenvalue weighted by Crippen LogP contribution is -2.30. The van der Waals surface area contributed by atoms with Gasteiger partial charge in [-0.25, -0.2) is 9.18 Å². The highest BCUT2D eigenvalue weighted by atomic mass is 79.9. The molecule has 0 fully saturated rings. The fraction of sp³-hybridized carbons (Fsp3) is 0.312. The summed E-state index contributed by atoms with van der Waals surface area (Å²) in [5.74, 6) is -2.14. The molecule has 0 saturated carbocycles. The number of nitrogens with zero attached hydrogens (tertiary/aromatic N) is 2. The lowest BCUT2D eigenvalue weighted by molar-refractivity contribution is -0.123. The van der Waals surface area contributed by atoms with Crippen LogP contribution in [0.4, 0.5) is 10.1 Å². The van der Waals surface area contributed by atoms with Crippen molar-refractivity contribution in [2.45, 2.75) is 26.9 Å². The maximum Gasteiger partial charge on any atom is 0.341 e. The highest BCUT2D eigenvalue weighted by Gasteiger charge is 2.23. The van der Waals surface area contributed by atoms with E-state index in [1.54, 1.807) is 18.7 Å². The van der Waals surface area contributed by atoms with E-state index in [9.17, 15) is 14.0 Å². The molecule has 0 unspecified atom stereocenters. The van der Waals surface area contributed by atoms with Crippen molar-refractivity contribution in [3.05, 3.63) is 45.4 Å². The first-order chi connectivity index (χ1) is 11.2. The Labute approximate surface area is 147 Å². The van der Waals surface area contributed by atoms with E-state index in [2.05, 4.69) is 26.3 Å². The minimum absolute atomic E-state index is 0.230. The predicted octanol–water partition coefficient (Wildman–Crippen LogP) is 3.12. The number of aryl methyl sites for hydroxylation is 2. The zero-order chi connectivity index (χ0) is 18.0. The molecule has 0 spiro atoms. The molecule has 0 aliphatic carbocycles. The third-order valence-corrected chi connectivity index (χ3v) is 4.05. The second-order valence-electron chi connectivity index (χ2n) is 5.33. The van der Waals surface area contributed by atoms with Crippen LogP contribution in [0, 0.1) is 19.7 Å². The van der Waals surface area contributed by atoms with Gasteiger partial charge in [-0.3, -0.25) is 9.48 Å². The summed E-state index contributed by atoms with van der Waals surface area (Å²) in [5.41, 5.74) is 1.77. The topological polar surface area (TPSA) is 73.2 Å². The molecule has 0 bridgehead atoms. The van der Waals surface area contributed by atoms with E-state index in [4.69, 9.17) is 4.74 Å². The van der Waals surface area contributed by atoms with E-state index in [0.717, 1.165) is 11.8 Å². The molecule has 2 rings (SSSR count). The number of amides is 1. The van der Waals surface area contributed by atoms with Gasteiger partial charge in [0.2, 0.25) is 0 Å². The number of hydrogen-bond acceptors (Lipinski definition) is 4. The fourth-order valence-electron chi connectivity index (χ4n) is 2.11. The van der Waals surface area contributed by atoms with Gasteiger partial charge >= 0.3 is 5.97 Å². The number of halogens is 2. The van der Waals surface area contributed by atoms with E-state index >= 15 is 0 Å². The third-order valence-electron chi connectivity index (χ3n) is 3.56. The number of aromatic nitrogens is 2. The Morgan fingerprint density at radius 2 is 2.04 bits per heavy atom. The van der Waals surface area contributed by atoms with Gasteiger partial charge in [0.15, 0.2) is 6.10 Å². The van der Waals surface area contributed by atoms with Gasteiger partial charge < -0.3 is 10.1 Å². The minimum atomic E-state index is -1.08. The highest BCUT2D eigenvalue weighted by Crippen LogP contribution is 2.20. The predicted molar refractivity (Wildman–Crippen MR) is 90.3 cm³/mol. The van der Waals surface area contributed by atoms with E-state index < -0.39 is 23.8 Å². The molecule has 1 aromatic heterocycles. The van der Waals surface area contributed by atoms with Gasteiger partial charge in [-0.1, -0.05) is 15.9 Å². The molecule has 0 saturated heterocycles. The van der Waals surface area contributed by atoms with E-state index in [1.165, 1.54) is 19.1 Å². The number of carbonyl (C=O) groups is 2. The molecule has 0 aliphatic heterocycles. The molecule has 6 nitrogen and oxygen atoms in total. The molecule has 0 radical (unpaired) electrons. The Balaban J connectivity index is 2.07. The van der Waals surface area contributed by atoms with Crippen molar-refractivity contribution >= 4 is 33.5 Å². The smallest absolute Gasteiger partial charge is 0.341 e. The van der Waals surface area contributed by atoms with Crippen LogP contribution in [0.15, 0.2) is 22.7 Å². The molecule has 1 heterocycles. The largest absolute Gasteiger partial charge is 0.449 e. The van der Waals surface area contributed by atoms with Crippen molar-refractivity contribution in [3.63, 3.8) is 0 Å². The maximum atomic E-state index is 13.8. The summed E-state index contributed by atoms with van der Waals surface area (Å²) in [6.07, 6.45) is -1.08. The lowest BCUT2D eigenvalue weighted by Gasteiger charge is -2.14. The van der Waals surface area contributed by atoms with Crippen molar-refractivity contribution in [1.82, 2.24) is 9.78 Å². The first-order valence-corrected chi connectivity index (χ1v) is 7.97. The zero-order valence-electron chi connectivity index (χ0n) is 13.7. The number of carbonyl (C=O) groups excluding carboxylic acids is 2. The average molecular weight is 398 g/mol. The third kappa shape index (κ3) is 3.81. The summed E-state index contributed by atoms with van der Waals surface area (Å²) >= 11 is 3.11. The molecule has 0 aliphatic rings. The van der Waals surface area contributed by atoms with Crippen molar-refractivity contribution in [1.29, 1.82) is 0 Å². The Morgan fingerprint density at radius 3 is 2.58 bits per heavy atom. The Hall–Kier alpha value is -2.22. The first-order valence-electron chi connectivity index (χ1n) is 7.17. The van der Waals surface area contributed by atoms with Crippen LogP contribution in [0.25, 0.3) is 0 Å². The molecular weight excluding hydrogens is 381 g/mol. The number of hydrogen-bond donors (Lipinski definition) is 1. The average Bonchev–Trinajstić information content (AvgIpc) is 2.73. The van der Waals surface area contributed by atoms with Crippen LogP contribution in [-0.4, -0.2) is 27.8 Å². The standard InChI is InChI=1S/C16H17BrFN3O3/c1-8-14(9(2)21(4)20-8)19-15(22)10(3)24-16(23)12-6-5-11(17)7-13(12)18/h5-7,10H,1-4H3,(H,19,22)/t10-/m0/s1. The molecule has 1 N–H and O–H groups in total. The zero-order valence-corrected chi connectivity index (χ0v) is 15.3. The Bertz CT molecular complexity index is 804. The summed E-state index contributed by atoms with van der Waals surface area (Å²) in [7, 11) is 1.76. The van der Waals surface area contributed by atoms with E-state index in [-0.39, 0.29) is 5.56 Å². The van der Waals surface area contributed by atoms with Gasteiger partial charge in [-0.05, 0) is 39.0 Å². The van der Waals surface area contributed by atoms with Gasteiger partial charge in [-0.15, -0.1) is 0 Å². The maximum absolute atomic E-state index is 13.8. The van der Waals surface area contributed by atoms with Crippen molar-refractivity contribution in [3.8, 4) is 0 Å². The van der Waals surface area contributed by atoms with Gasteiger partial charge in [0.25, 0.3) is 5.91 Å². The van der Waals surface area contributed by atoms with Crippen molar-refractivity contribution in [2.24, 2.45) is 7.05 Å². The molecule has 1 aromatic carbocycles. The SMILES string of the molecule is Cc1nn(C)c(C)c1NC(=O)[C@H](C)OC(=O)c1ccc(Br)cc1F. The van der Waals surface area contributed by atoms with Crippen LogP contribution in [0.5, 0.6) is 0 Å². The normalized spacial score (nSPS) is 11.9. The molecule has 24 heavy (non-hydrogen) atoms. The van der Waals surface area contributed by atoms with Gasteiger partial charge in [0, 0.05) is 11.5 Å². The number of esters is 1. The summed E-state index contributed by atoms with van der Waals surface area (Å²) in [5, 5.41) is 6.87. The van der Waals surface area contributed by atoms with Crippen LogP contribution in [0.1, 0.15) is 28.7 Å². The number of ether oxygens (including phenoxy) is 1. The Kier molecular flexibility index (Phi) is 5.38. The monoisotopic (exact) mass is 397 g/mol. The lowest BCUT2D eigenvalue weighted by atomic mass is 10.2. The van der Waals surface area contributed by atoms with Crippen LogP contribution in [0.3, 0.4) is 0 Å². The minimum Gasteiger partial charge on any atom is -0.449 e. The number of anilines is 1. The van der Waals surface area contributed by atoms with Crippen LogP contribution in [-0.2, 0) is 16.6 Å². The molecule has 8 heteroatoms. The first kappa shape index (κ1) is 18.1. The summed E-state index contributed by atoms with van der Waals surface area (Å²) in [6.45, 7) is 4.99. The summed E-state index contributed by atoms with van der Waals surface area (Å²) < 4.78 is 21.0. The van der Waals surface area contributed by atoms with Gasteiger partial charge in [0.05, 0.1) is 22.6 Å². The van der Waals surface area contributed by atoms with Gasteiger partial charge in [0.1, 0.15) is 5.82 Å². The van der Waals surface area contributed by atoms with Crippen molar-refractivity contribution < 1.29 is 18.7 Å². The Morgan fingerprint density at radius 1 is 1.38 bits per heavy atom. The molecular formula is C16H17BrFN3O3. The molecule has 1 atom stereocenters. The van der Waals surface area contributed by atoms with Crippen LogP contribution >= 0.6 is 15.9 Å². The number of nitrogens with one attached hydrogen (secondary N) is 1. The van der Waals surface area contributed by atoms with Gasteiger partial charge in [-0.2, -0.15) is 5.10 Å². The summed E-state index contributed by atoms with van der Waals surface area (Å²) in [6, 6.07) is 3.97. The summed E-state index contributed by atoms with van der Waals surface area (Å²) in [4.78, 5) is 24.2. The molecule has 1 amide bonds. The highest BCUT2D eigenvalue weighted by molar-refractivity contribution is 9.10. The van der Waals surface area contributed by atoms with E-state index in [0.29, 0.717) is 15.9 Å². The number of benzene rings is 1. The quantitative estimate of drug-likeness (QED) is 0.804. The second-order valence-corrected chi connectivity index (χ2v) is 6.25.